The van der Waals surface area contributed by atoms with Crippen LogP contribution >= 0.6 is 11.5 Å². The van der Waals surface area contributed by atoms with Crippen LogP contribution in [0.2, 0.25) is 0 Å². The fourth-order valence-corrected chi connectivity index (χ4v) is 3.95. The van der Waals surface area contributed by atoms with Crippen molar-refractivity contribution in [3.8, 4) is 0 Å². The highest BCUT2D eigenvalue weighted by molar-refractivity contribution is 7.15. The molecule has 0 amide bonds. The van der Waals surface area contributed by atoms with E-state index in [4.69, 9.17) is 18.6 Å². The van der Waals surface area contributed by atoms with E-state index in [1.807, 2.05) is 67.8 Å². The van der Waals surface area contributed by atoms with Gasteiger partial charge in [0.2, 0.25) is 0 Å². The number of hydrogen-bond donors (Lipinski definition) is 0. The van der Waals surface area contributed by atoms with Crippen molar-refractivity contribution in [3.63, 3.8) is 0 Å². The van der Waals surface area contributed by atoms with Crippen LogP contribution in [0.5, 0.6) is 0 Å². The third-order valence-corrected chi connectivity index (χ3v) is 7.28. The third kappa shape index (κ3) is 2.86. The van der Waals surface area contributed by atoms with Crippen molar-refractivity contribution in [3.05, 3.63) is 12.4 Å². The molecule has 2 fully saturated rings. The van der Waals surface area contributed by atoms with Gasteiger partial charge in [0.05, 0.1) is 32.7 Å². The van der Waals surface area contributed by atoms with E-state index >= 15 is 0 Å². The van der Waals surface area contributed by atoms with Crippen molar-refractivity contribution >= 4 is 46.9 Å². The van der Waals surface area contributed by atoms with Gasteiger partial charge in [-0.1, -0.05) is 0 Å². The highest BCUT2D eigenvalue weighted by Gasteiger charge is 2.54. The van der Waals surface area contributed by atoms with Crippen molar-refractivity contribution in [1.82, 2.24) is 9.36 Å². The molecule has 0 radical (unpaired) electrons. The molecule has 0 atom stereocenters. The largest absolute Gasteiger partial charge is 0.515 e. The summed E-state index contributed by atoms with van der Waals surface area (Å²) in [5, 5.41) is 0.922. The average molecular weight is 388 g/mol. The Labute approximate surface area is 165 Å². The fourth-order valence-electron chi connectivity index (χ4n) is 3.18. The molecule has 2 aliphatic heterocycles. The van der Waals surface area contributed by atoms with Gasteiger partial charge in [-0.05, 0) is 66.9 Å². The molecule has 0 unspecified atom stereocenters. The molecule has 0 aromatic carbocycles. The highest BCUT2D eigenvalue weighted by Crippen LogP contribution is 2.38. The van der Waals surface area contributed by atoms with Crippen molar-refractivity contribution in [2.24, 2.45) is 0 Å². The van der Waals surface area contributed by atoms with E-state index in [1.165, 1.54) is 11.5 Å². The molecule has 2 saturated heterocycles. The molecule has 6 nitrogen and oxygen atoms in total. The number of hydrogen-bond acceptors (Lipinski definition) is 7. The van der Waals surface area contributed by atoms with Crippen LogP contribution in [0.4, 0.5) is 0 Å². The topological polar surface area (TPSA) is 62.7 Å². The van der Waals surface area contributed by atoms with Crippen molar-refractivity contribution in [2.75, 3.05) is 0 Å². The first-order valence-electron chi connectivity index (χ1n) is 9.29. The molecule has 2 aromatic heterocycles. The van der Waals surface area contributed by atoms with Crippen molar-refractivity contribution < 1.29 is 18.6 Å². The molecule has 2 aromatic rings. The monoisotopic (exact) mass is 388 g/mol. The summed E-state index contributed by atoms with van der Waals surface area (Å²) < 4.78 is 30.2. The third-order valence-electron chi connectivity index (χ3n) is 6.43. The normalized spacial score (nSPS) is 25.5. The van der Waals surface area contributed by atoms with E-state index in [0.29, 0.717) is 0 Å². The maximum absolute atomic E-state index is 6.21. The lowest BCUT2D eigenvalue weighted by Gasteiger charge is -2.32. The van der Waals surface area contributed by atoms with E-state index in [1.54, 1.807) is 0 Å². The van der Waals surface area contributed by atoms with Crippen LogP contribution in [0.3, 0.4) is 0 Å². The van der Waals surface area contributed by atoms with E-state index in [2.05, 4.69) is 9.36 Å². The minimum atomic E-state index is -0.527. The van der Waals surface area contributed by atoms with Gasteiger partial charge in [0, 0.05) is 23.2 Å². The molecule has 2 aliphatic rings. The predicted octanol–water partition coefficient (Wildman–Crippen LogP) is 2.29. The van der Waals surface area contributed by atoms with Gasteiger partial charge in [-0.2, -0.15) is 4.37 Å². The van der Waals surface area contributed by atoms with Gasteiger partial charge in [-0.3, -0.25) is 4.98 Å². The number of pyridine rings is 1. The minimum Gasteiger partial charge on any atom is -0.399 e. The van der Waals surface area contributed by atoms with Gasteiger partial charge in [0.25, 0.3) is 0 Å². The first-order valence-corrected chi connectivity index (χ1v) is 10.1. The summed E-state index contributed by atoms with van der Waals surface area (Å²) >= 11 is 1.41. The fraction of sp³-hybridized carbons (Fsp3) is 0.667. The van der Waals surface area contributed by atoms with Gasteiger partial charge in [-0.25, -0.2) is 0 Å². The molecule has 0 N–H and O–H groups in total. The van der Waals surface area contributed by atoms with Gasteiger partial charge >= 0.3 is 14.2 Å². The summed E-state index contributed by atoms with van der Waals surface area (Å²) in [5.41, 5.74) is 0.000978. The summed E-state index contributed by atoms with van der Waals surface area (Å²) in [6.07, 6.45) is 3.63. The first kappa shape index (κ1) is 19.3. The van der Waals surface area contributed by atoms with Crippen LogP contribution in [0, 0.1) is 0 Å². The molecule has 4 heterocycles. The molecule has 9 heteroatoms. The summed E-state index contributed by atoms with van der Waals surface area (Å²) in [5.74, 6) is 0. The molecular weight excluding hydrogens is 362 g/mol. The lowest BCUT2D eigenvalue weighted by molar-refractivity contribution is 0.00578. The maximum Gasteiger partial charge on any atom is 0.515 e. The highest BCUT2D eigenvalue weighted by atomic mass is 32.1. The Balaban J connectivity index is 1.73. The maximum atomic E-state index is 6.21. The predicted molar refractivity (Wildman–Crippen MR) is 109 cm³/mol. The van der Waals surface area contributed by atoms with Gasteiger partial charge in [0.15, 0.2) is 0 Å². The molecule has 0 spiro atoms. The lowest BCUT2D eigenvalue weighted by atomic mass is 9.76. The van der Waals surface area contributed by atoms with Crippen LogP contribution in [0.1, 0.15) is 55.4 Å². The zero-order chi connectivity index (χ0) is 19.8. The second kappa shape index (κ2) is 5.76. The van der Waals surface area contributed by atoms with E-state index < -0.39 is 36.6 Å². The molecule has 27 heavy (non-hydrogen) atoms. The average Bonchev–Trinajstić information content (AvgIpc) is 3.13. The number of fused-ring (bicyclic) bond motifs is 1. The van der Waals surface area contributed by atoms with Gasteiger partial charge in [0.1, 0.15) is 0 Å². The summed E-state index contributed by atoms with van der Waals surface area (Å²) in [4.78, 5) is 4.69. The second-order valence-corrected chi connectivity index (χ2v) is 10.1. The molecule has 0 saturated carbocycles. The Morgan fingerprint density at radius 3 is 1.74 bits per heavy atom. The Morgan fingerprint density at radius 2 is 1.22 bits per heavy atom. The number of aromatic nitrogens is 2. The zero-order valence-corrected chi connectivity index (χ0v) is 18.1. The quantitative estimate of drug-likeness (QED) is 0.736. The smallest absolute Gasteiger partial charge is 0.399 e. The van der Waals surface area contributed by atoms with Crippen molar-refractivity contribution in [1.29, 1.82) is 0 Å². The van der Waals surface area contributed by atoms with Crippen molar-refractivity contribution in [2.45, 2.75) is 77.8 Å². The second-order valence-electron chi connectivity index (χ2n) is 9.34. The van der Waals surface area contributed by atoms with Crippen LogP contribution < -0.4 is 11.1 Å². The Kier molecular flexibility index (Phi) is 4.13. The standard InChI is InChI=1S/C18H26B2N2O4S/c1-15(2)16(3,4)24-19(23-15)12-10-21-14(11-9-22-27-13(11)12)20-25-17(5,6)18(7,8)26-20/h9-10H,1-8H3. The Morgan fingerprint density at radius 1 is 0.741 bits per heavy atom. The number of nitrogens with zero attached hydrogens (tertiary/aromatic N) is 2. The van der Waals surface area contributed by atoms with E-state index in [-0.39, 0.29) is 0 Å². The molecule has 4 rings (SSSR count). The van der Waals surface area contributed by atoms with Crippen LogP contribution in [-0.4, -0.2) is 46.0 Å². The molecule has 0 aliphatic carbocycles. The molecule has 0 bridgehead atoms. The lowest BCUT2D eigenvalue weighted by Crippen LogP contribution is -2.41. The molecular formula is C18H26B2N2O4S. The van der Waals surface area contributed by atoms with Gasteiger partial charge in [-0.15, -0.1) is 0 Å². The summed E-state index contributed by atoms with van der Waals surface area (Å²) in [6, 6.07) is 0. The van der Waals surface area contributed by atoms with Crippen LogP contribution in [-0.2, 0) is 18.6 Å². The first-order chi connectivity index (χ1) is 12.3. The van der Waals surface area contributed by atoms with E-state index in [9.17, 15) is 0 Å². The summed E-state index contributed by atoms with van der Waals surface area (Å²) in [6.45, 7) is 16.3. The SMILES string of the molecule is CC1(C)OB(c2ncc(B3OC(C)(C)C(C)(C)O3)c3sncc23)OC1(C)C. The summed E-state index contributed by atoms with van der Waals surface area (Å²) in [7, 11) is -1.00. The van der Waals surface area contributed by atoms with Crippen LogP contribution in [0.25, 0.3) is 10.1 Å². The minimum absolute atomic E-state index is 0.404. The Hall–Kier alpha value is -0.990. The van der Waals surface area contributed by atoms with Gasteiger partial charge < -0.3 is 18.6 Å². The Bertz CT molecular complexity index is 795. The number of rotatable bonds is 2. The van der Waals surface area contributed by atoms with Crippen LogP contribution in [0.15, 0.2) is 12.4 Å². The molecule has 144 valence electrons. The van der Waals surface area contributed by atoms with E-state index in [0.717, 1.165) is 21.1 Å². The zero-order valence-electron chi connectivity index (χ0n) is 17.2.